The molecule has 2 N–H and O–H groups in total. The van der Waals surface area contributed by atoms with Crippen LogP contribution in [0.15, 0.2) is 47.4 Å². The summed E-state index contributed by atoms with van der Waals surface area (Å²) in [7, 11) is -1.38. The number of hydrogen-bond donors (Lipinski definition) is 2. The van der Waals surface area contributed by atoms with E-state index in [0.717, 1.165) is 24.2 Å². The van der Waals surface area contributed by atoms with Crippen molar-refractivity contribution < 1.29 is 42.1 Å². The van der Waals surface area contributed by atoms with Crippen molar-refractivity contribution in [1.82, 2.24) is 10.2 Å². The highest BCUT2D eigenvalue weighted by molar-refractivity contribution is 7.90. The van der Waals surface area contributed by atoms with Gasteiger partial charge in [0.1, 0.15) is 37.4 Å². The van der Waals surface area contributed by atoms with Crippen LogP contribution < -0.4 is 19.7 Å². The number of carbonyl (C=O) groups excluding carboxylic acids is 2. The lowest BCUT2D eigenvalue weighted by Crippen LogP contribution is -2.47. The Morgan fingerprint density at radius 2 is 1.93 bits per heavy atom. The van der Waals surface area contributed by atoms with E-state index >= 15 is 0 Å². The zero-order valence-electron chi connectivity index (χ0n) is 23.8. The normalized spacial score (nSPS) is 20.4. The Bertz CT molecular complexity index is 1410. The van der Waals surface area contributed by atoms with Gasteiger partial charge in [-0.15, -0.1) is 0 Å². The molecule has 2 atom stereocenters. The number of likely N-dealkylation sites (tertiary alicyclic amines) is 1. The molecule has 3 aliphatic heterocycles. The van der Waals surface area contributed by atoms with Gasteiger partial charge in [-0.2, -0.15) is 0 Å². The van der Waals surface area contributed by atoms with E-state index in [4.69, 9.17) is 18.9 Å². The first-order valence-corrected chi connectivity index (χ1v) is 15.9. The number of hydrogen-bond acceptors (Lipinski definition) is 10. The van der Waals surface area contributed by atoms with Crippen LogP contribution in [0.1, 0.15) is 29.6 Å². The minimum atomic E-state index is -3.38. The Labute approximate surface area is 245 Å². The number of rotatable bonds is 8. The van der Waals surface area contributed by atoms with Gasteiger partial charge >= 0.3 is 6.09 Å². The standard InChI is InChI=1S/C29H37N3O9S/c1-31-12-13-38-26-14-20(6-7-25(26)31)27(34)32-10-8-29(9-11-32)16-21(17-41-29)30-28(35)40-19-22(33)18-39-23-4-3-5-24(15-23)42(2,36)37/h3-7,14-15,21-22,33H,8-13,16-19H2,1-2H3,(H,30,35). The van der Waals surface area contributed by atoms with E-state index in [1.807, 2.05) is 30.1 Å². The maximum Gasteiger partial charge on any atom is 0.407 e. The van der Waals surface area contributed by atoms with Crippen LogP contribution in [0.5, 0.6) is 11.5 Å². The molecule has 2 aromatic rings. The fourth-order valence-electron chi connectivity index (χ4n) is 5.49. The first-order chi connectivity index (χ1) is 20.0. The summed E-state index contributed by atoms with van der Waals surface area (Å²) in [6.07, 6.45) is 1.24. The summed E-state index contributed by atoms with van der Waals surface area (Å²) in [6, 6.07) is 11.3. The topological polar surface area (TPSA) is 144 Å². The fourth-order valence-corrected chi connectivity index (χ4v) is 6.15. The van der Waals surface area contributed by atoms with Gasteiger partial charge in [0, 0.05) is 32.0 Å². The van der Waals surface area contributed by atoms with Gasteiger partial charge in [-0.05, 0) is 55.7 Å². The molecule has 0 saturated carbocycles. The van der Waals surface area contributed by atoms with Gasteiger partial charge in [0.25, 0.3) is 5.91 Å². The number of nitrogens with one attached hydrogen (secondary N) is 1. The average molecular weight is 604 g/mol. The average Bonchev–Trinajstić information content (AvgIpc) is 3.36. The molecule has 0 radical (unpaired) electrons. The van der Waals surface area contributed by atoms with E-state index in [9.17, 15) is 23.1 Å². The molecular formula is C29H37N3O9S. The number of aliphatic hydroxyl groups excluding tert-OH is 1. The number of anilines is 1. The number of alkyl carbamates (subject to hydrolysis) is 1. The van der Waals surface area contributed by atoms with Crippen molar-refractivity contribution in [3.05, 3.63) is 48.0 Å². The third kappa shape index (κ3) is 7.08. The first kappa shape index (κ1) is 29.9. The first-order valence-electron chi connectivity index (χ1n) is 14.0. The van der Waals surface area contributed by atoms with Crippen molar-refractivity contribution >= 4 is 27.5 Å². The second kappa shape index (κ2) is 12.4. The van der Waals surface area contributed by atoms with Crippen LogP contribution in [0.25, 0.3) is 0 Å². The van der Waals surface area contributed by atoms with Crippen LogP contribution in [-0.2, 0) is 19.3 Å². The minimum absolute atomic E-state index is 0.0358. The van der Waals surface area contributed by atoms with Gasteiger partial charge in [0.2, 0.25) is 0 Å². The van der Waals surface area contributed by atoms with Crippen LogP contribution in [0.2, 0.25) is 0 Å². The van der Waals surface area contributed by atoms with E-state index in [1.54, 1.807) is 12.1 Å². The highest BCUT2D eigenvalue weighted by Gasteiger charge is 2.44. The maximum atomic E-state index is 13.2. The number of ether oxygens (including phenoxy) is 4. The molecule has 0 aromatic heterocycles. The zero-order valence-corrected chi connectivity index (χ0v) is 24.6. The highest BCUT2D eigenvalue weighted by Crippen LogP contribution is 2.37. The van der Waals surface area contributed by atoms with E-state index in [1.165, 1.54) is 12.1 Å². The number of benzene rings is 2. The quantitative estimate of drug-likeness (QED) is 0.459. The van der Waals surface area contributed by atoms with Gasteiger partial charge < -0.3 is 39.2 Å². The van der Waals surface area contributed by atoms with E-state index < -0.39 is 27.6 Å². The maximum absolute atomic E-state index is 13.2. The molecule has 2 fully saturated rings. The van der Waals surface area contributed by atoms with Gasteiger partial charge in [-0.1, -0.05) is 6.07 Å². The Kier molecular flexibility index (Phi) is 8.81. The molecule has 2 saturated heterocycles. The molecule has 0 aliphatic carbocycles. The van der Waals surface area contributed by atoms with Crippen molar-refractivity contribution in [2.24, 2.45) is 0 Å². The molecule has 2 unspecified atom stereocenters. The summed E-state index contributed by atoms with van der Waals surface area (Å²) >= 11 is 0. The van der Waals surface area contributed by atoms with E-state index in [0.29, 0.717) is 51.1 Å². The Hall–Kier alpha value is -3.55. The molecule has 12 nitrogen and oxygen atoms in total. The van der Waals surface area contributed by atoms with Gasteiger partial charge in [0.05, 0.1) is 35.4 Å². The molecule has 13 heteroatoms. The second-order valence-electron chi connectivity index (χ2n) is 11.1. The van der Waals surface area contributed by atoms with Gasteiger partial charge in [-0.3, -0.25) is 4.79 Å². The summed E-state index contributed by atoms with van der Waals surface area (Å²) in [5.74, 6) is 0.973. The Morgan fingerprint density at radius 3 is 2.69 bits per heavy atom. The predicted octanol–water partition coefficient (Wildman–Crippen LogP) is 1.85. The van der Waals surface area contributed by atoms with Crippen molar-refractivity contribution in [1.29, 1.82) is 0 Å². The van der Waals surface area contributed by atoms with Crippen molar-refractivity contribution in [2.45, 2.75) is 41.9 Å². The number of likely N-dealkylation sites (N-methyl/N-ethyl adjacent to an activating group) is 1. The molecule has 3 aliphatic rings. The molecule has 5 rings (SSSR count). The molecule has 228 valence electrons. The highest BCUT2D eigenvalue weighted by atomic mass is 32.2. The number of amides is 2. The molecule has 2 aromatic carbocycles. The Balaban J connectivity index is 1.03. The van der Waals surface area contributed by atoms with E-state index in [-0.39, 0.29) is 35.8 Å². The monoisotopic (exact) mass is 603 g/mol. The molecule has 0 bridgehead atoms. The predicted molar refractivity (Wildman–Crippen MR) is 153 cm³/mol. The smallest absolute Gasteiger partial charge is 0.407 e. The van der Waals surface area contributed by atoms with Crippen LogP contribution in [0, 0.1) is 0 Å². The van der Waals surface area contributed by atoms with Crippen molar-refractivity contribution in [3.8, 4) is 11.5 Å². The summed E-state index contributed by atoms with van der Waals surface area (Å²) in [4.78, 5) is 29.6. The molecule has 3 heterocycles. The fraction of sp³-hybridized carbons (Fsp3) is 0.517. The number of aliphatic hydroxyl groups is 1. The summed E-state index contributed by atoms with van der Waals surface area (Å²) in [5, 5.41) is 12.9. The molecule has 1 spiro atoms. The summed E-state index contributed by atoms with van der Waals surface area (Å²) in [6.45, 7) is 2.36. The molecule has 42 heavy (non-hydrogen) atoms. The van der Waals surface area contributed by atoms with Crippen molar-refractivity contribution in [2.75, 3.05) is 64.3 Å². The number of fused-ring (bicyclic) bond motifs is 1. The van der Waals surface area contributed by atoms with Crippen LogP contribution >= 0.6 is 0 Å². The third-order valence-corrected chi connectivity index (χ3v) is 8.99. The lowest BCUT2D eigenvalue weighted by molar-refractivity contribution is -0.0389. The number of nitrogens with zero attached hydrogens (tertiary/aromatic N) is 2. The van der Waals surface area contributed by atoms with E-state index in [2.05, 4.69) is 10.2 Å². The molecule has 2 amide bonds. The lowest BCUT2D eigenvalue weighted by Gasteiger charge is -2.38. The summed E-state index contributed by atoms with van der Waals surface area (Å²) < 4.78 is 45.8. The number of carbonyl (C=O) groups is 2. The lowest BCUT2D eigenvalue weighted by atomic mass is 9.87. The largest absolute Gasteiger partial charge is 0.491 e. The van der Waals surface area contributed by atoms with Crippen LogP contribution in [0.3, 0.4) is 0 Å². The van der Waals surface area contributed by atoms with Gasteiger partial charge in [-0.25, -0.2) is 13.2 Å². The SMILES string of the molecule is CN1CCOc2cc(C(=O)N3CCC4(CC3)CC(NC(=O)OCC(O)COc3cccc(S(C)(=O)=O)c3)CO4)ccc21. The van der Waals surface area contributed by atoms with Crippen molar-refractivity contribution in [3.63, 3.8) is 0 Å². The Morgan fingerprint density at radius 1 is 1.14 bits per heavy atom. The third-order valence-electron chi connectivity index (χ3n) is 7.88. The second-order valence-corrected chi connectivity index (χ2v) is 13.1. The minimum Gasteiger partial charge on any atom is -0.491 e. The zero-order chi connectivity index (χ0) is 29.9. The van der Waals surface area contributed by atoms with Crippen LogP contribution in [-0.4, -0.2) is 108 Å². The number of piperidine rings is 1. The van der Waals surface area contributed by atoms with Crippen LogP contribution in [0.4, 0.5) is 10.5 Å². The molecular weight excluding hydrogens is 566 g/mol. The number of sulfone groups is 1. The van der Waals surface area contributed by atoms with Gasteiger partial charge in [0.15, 0.2) is 9.84 Å². The summed E-state index contributed by atoms with van der Waals surface area (Å²) in [5.41, 5.74) is 1.17.